The SMILES string of the molecule is CO[C@H](C(=O)N1CCC[C@H]1C(=O)NCc1cc2c(N)nccc2s1)c1ccccc1. The second-order valence-electron chi connectivity index (χ2n) is 7.25. The zero-order valence-electron chi connectivity index (χ0n) is 16.7. The normalized spacial score (nSPS) is 17.2. The summed E-state index contributed by atoms with van der Waals surface area (Å²) in [6.45, 7) is 0.942. The van der Waals surface area contributed by atoms with Gasteiger partial charge >= 0.3 is 0 Å². The van der Waals surface area contributed by atoms with E-state index in [0.29, 0.717) is 25.3 Å². The van der Waals surface area contributed by atoms with Crippen molar-refractivity contribution in [3.63, 3.8) is 0 Å². The van der Waals surface area contributed by atoms with Crippen LogP contribution in [0.2, 0.25) is 0 Å². The molecule has 1 fully saturated rings. The number of nitrogens with two attached hydrogens (primary N) is 1. The van der Waals surface area contributed by atoms with Crippen molar-refractivity contribution in [1.29, 1.82) is 0 Å². The second-order valence-corrected chi connectivity index (χ2v) is 8.42. The fourth-order valence-electron chi connectivity index (χ4n) is 3.88. The highest BCUT2D eigenvalue weighted by Crippen LogP contribution is 2.29. The second kappa shape index (κ2) is 8.81. The number of fused-ring (bicyclic) bond motifs is 1. The third-order valence-electron chi connectivity index (χ3n) is 5.37. The van der Waals surface area contributed by atoms with E-state index in [1.807, 2.05) is 42.5 Å². The largest absolute Gasteiger partial charge is 0.383 e. The molecular weight excluding hydrogens is 400 g/mol. The van der Waals surface area contributed by atoms with E-state index in [4.69, 9.17) is 10.5 Å². The minimum Gasteiger partial charge on any atom is -0.383 e. The van der Waals surface area contributed by atoms with Gasteiger partial charge in [0.2, 0.25) is 5.91 Å². The average molecular weight is 425 g/mol. The number of hydrogen-bond acceptors (Lipinski definition) is 6. The maximum absolute atomic E-state index is 13.1. The predicted octanol–water partition coefficient (Wildman–Crippen LogP) is 2.87. The van der Waals surface area contributed by atoms with Gasteiger partial charge in [-0.25, -0.2) is 4.98 Å². The third kappa shape index (κ3) is 4.01. The Labute approximate surface area is 178 Å². The van der Waals surface area contributed by atoms with Crippen LogP contribution in [0.4, 0.5) is 5.82 Å². The van der Waals surface area contributed by atoms with E-state index in [-0.39, 0.29) is 11.8 Å². The molecule has 1 saturated heterocycles. The maximum Gasteiger partial charge on any atom is 0.257 e. The lowest BCUT2D eigenvalue weighted by molar-refractivity contribution is -0.147. The highest BCUT2D eigenvalue weighted by atomic mass is 32.1. The van der Waals surface area contributed by atoms with Gasteiger partial charge in [-0.2, -0.15) is 0 Å². The molecule has 2 atom stereocenters. The number of pyridine rings is 1. The number of anilines is 1. The number of benzene rings is 1. The Balaban J connectivity index is 1.43. The van der Waals surface area contributed by atoms with Gasteiger partial charge in [0.15, 0.2) is 6.10 Å². The number of nitrogens with zero attached hydrogens (tertiary/aromatic N) is 2. The number of carbonyl (C=O) groups is 2. The van der Waals surface area contributed by atoms with Crippen LogP contribution >= 0.6 is 11.3 Å². The van der Waals surface area contributed by atoms with Crippen LogP contribution in [0.1, 0.15) is 29.4 Å². The number of rotatable bonds is 6. The Morgan fingerprint density at radius 3 is 2.87 bits per heavy atom. The number of amides is 2. The number of methoxy groups -OCH3 is 1. The Bertz CT molecular complexity index is 1050. The molecule has 1 aromatic carbocycles. The summed E-state index contributed by atoms with van der Waals surface area (Å²) in [5.41, 5.74) is 6.70. The van der Waals surface area contributed by atoms with Crippen LogP contribution in [-0.2, 0) is 20.9 Å². The van der Waals surface area contributed by atoms with Gasteiger partial charge in [-0.05, 0) is 30.5 Å². The smallest absolute Gasteiger partial charge is 0.257 e. The summed E-state index contributed by atoms with van der Waals surface area (Å²) in [6, 6.07) is 12.7. The minimum atomic E-state index is -0.710. The number of aromatic nitrogens is 1. The zero-order valence-corrected chi connectivity index (χ0v) is 17.5. The molecule has 4 rings (SSSR count). The van der Waals surface area contributed by atoms with Crippen molar-refractivity contribution in [2.75, 3.05) is 19.4 Å². The topological polar surface area (TPSA) is 97.5 Å². The van der Waals surface area contributed by atoms with Gasteiger partial charge < -0.3 is 20.7 Å². The van der Waals surface area contributed by atoms with E-state index in [0.717, 1.165) is 26.9 Å². The molecule has 156 valence electrons. The van der Waals surface area contributed by atoms with Crippen molar-refractivity contribution in [3.8, 4) is 0 Å². The lowest BCUT2D eigenvalue weighted by Crippen LogP contribution is -2.47. The van der Waals surface area contributed by atoms with Crippen LogP contribution in [0.3, 0.4) is 0 Å². The standard InChI is InChI=1S/C22H24N4O3S/c1-29-19(14-6-3-2-4-7-14)22(28)26-11-5-8-17(26)21(27)25-13-15-12-16-18(30-15)9-10-24-20(16)23/h2-4,6-7,9-10,12,17,19H,5,8,11,13H2,1H3,(H2,23,24)(H,25,27)/t17-,19-/m0/s1. The molecule has 0 aliphatic carbocycles. The Morgan fingerprint density at radius 1 is 1.33 bits per heavy atom. The van der Waals surface area contributed by atoms with E-state index < -0.39 is 12.1 Å². The van der Waals surface area contributed by atoms with Crippen LogP contribution < -0.4 is 11.1 Å². The van der Waals surface area contributed by atoms with Crippen molar-refractivity contribution in [2.45, 2.75) is 31.5 Å². The molecule has 30 heavy (non-hydrogen) atoms. The molecule has 7 nitrogen and oxygen atoms in total. The first-order valence-corrected chi connectivity index (χ1v) is 10.7. The molecule has 2 amide bonds. The number of ether oxygens (including phenoxy) is 1. The van der Waals surface area contributed by atoms with Crippen molar-refractivity contribution in [2.24, 2.45) is 0 Å². The molecule has 1 aliphatic heterocycles. The third-order valence-corrected chi connectivity index (χ3v) is 6.47. The van der Waals surface area contributed by atoms with Crippen molar-refractivity contribution in [3.05, 3.63) is 59.1 Å². The summed E-state index contributed by atoms with van der Waals surface area (Å²) in [6.07, 6.45) is 2.40. The quantitative estimate of drug-likeness (QED) is 0.634. The van der Waals surface area contributed by atoms with Crippen LogP contribution in [0.15, 0.2) is 48.7 Å². The molecular formula is C22H24N4O3S. The van der Waals surface area contributed by atoms with Gasteiger partial charge in [-0.3, -0.25) is 9.59 Å². The van der Waals surface area contributed by atoms with Crippen molar-refractivity contribution in [1.82, 2.24) is 15.2 Å². The van der Waals surface area contributed by atoms with E-state index in [9.17, 15) is 9.59 Å². The fraction of sp³-hybridized carbons (Fsp3) is 0.318. The van der Waals surface area contributed by atoms with Crippen LogP contribution in [-0.4, -0.2) is 41.4 Å². The fourth-order valence-corrected chi connectivity index (χ4v) is 4.88. The minimum absolute atomic E-state index is 0.146. The van der Waals surface area contributed by atoms with E-state index in [2.05, 4.69) is 10.3 Å². The molecule has 3 aromatic rings. The first kappa shape index (κ1) is 20.3. The lowest BCUT2D eigenvalue weighted by atomic mass is 10.1. The molecule has 3 N–H and O–H groups in total. The van der Waals surface area contributed by atoms with Gasteiger partial charge in [0, 0.05) is 34.8 Å². The summed E-state index contributed by atoms with van der Waals surface area (Å²) in [4.78, 5) is 32.7. The van der Waals surface area contributed by atoms with Gasteiger partial charge in [-0.1, -0.05) is 30.3 Å². The molecule has 3 heterocycles. The highest BCUT2D eigenvalue weighted by Gasteiger charge is 2.37. The molecule has 0 saturated carbocycles. The molecule has 2 aromatic heterocycles. The van der Waals surface area contributed by atoms with Crippen LogP contribution in [0.5, 0.6) is 0 Å². The van der Waals surface area contributed by atoms with E-state index >= 15 is 0 Å². The lowest BCUT2D eigenvalue weighted by Gasteiger charge is -2.27. The molecule has 0 spiro atoms. The number of hydrogen-bond donors (Lipinski definition) is 2. The number of likely N-dealkylation sites (tertiary alicyclic amines) is 1. The number of thiophene rings is 1. The van der Waals surface area contributed by atoms with Crippen molar-refractivity contribution >= 4 is 39.1 Å². The first-order chi connectivity index (χ1) is 14.6. The molecule has 0 radical (unpaired) electrons. The summed E-state index contributed by atoms with van der Waals surface area (Å²) in [5.74, 6) is 0.162. The molecule has 0 unspecified atom stereocenters. The van der Waals surface area contributed by atoms with E-state index in [1.54, 1.807) is 22.4 Å². The summed E-state index contributed by atoms with van der Waals surface area (Å²) in [7, 11) is 1.52. The average Bonchev–Trinajstić information content (AvgIpc) is 3.41. The monoisotopic (exact) mass is 424 g/mol. The molecule has 8 heteroatoms. The van der Waals surface area contributed by atoms with Gasteiger partial charge in [0.1, 0.15) is 11.9 Å². The van der Waals surface area contributed by atoms with E-state index in [1.165, 1.54) is 7.11 Å². The Hall–Kier alpha value is -2.97. The molecule has 1 aliphatic rings. The van der Waals surface area contributed by atoms with Crippen LogP contribution in [0.25, 0.3) is 10.1 Å². The van der Waals surface area contributed by atoms with Gasteiger partial charge in [0.25, 0.3) is 5.91 Å². The van der Waals surface area contributed by atoms with Gasteiger partial charge in [0.05, 0.1) is 6.54 Å². The maximum atomic E-state index is 13.1. The van der Waals surface area contributed by atoms with Crippen LogP contribution in [0, 0.1) is 0 Å². The highest BCUT2D eigenvalue weighted by molar-refractivity contribution is 7.19. The number of carbonyl (C=O) groups excluding carboxylic acids is 2. The summed E-state index contributed by atoms with van der Waals surface area (Å²) in [5, 5.41) is 3.88. The Morgan fingerprint density at radius 2 is 2.13 bits per heavy atom. The zero-order chi connectivity index (χ0) is 21.1. The number of nitrogen functional groups attached to an aromatic ring is 1. The summed E-state index contributed by atoms with van der Waals surface area (Å²) < 4.78 is 6.51. The first-order valence-electron chi connectivity index (χ1n) is 9.87. The Kier molecular flexibility index (Phi) is 5.96. The van der Waals surface area contributed by atoms with Gasteiger partial charge in [-0.15, -0.1) is 11.3 Å². The van der Waals surface area contributed by atoms with Crippen molar-refractivity contribution < 1.29 is 14.3 Å². The summed E-state index contributed by atoms with van der Waals surface area (Å²) >= 11 is 1.57. The number of nitrogens with one attached hydrogen (secondary N) is 1. The predicted molar refractivity (Wildman–Crippen MR) is 117 cm³/mol. The molecule has 0 bridgehead atoms.